The molecule has 0 spiro atoms. The van der Waals surface area contributed by atoms with Gasteiger partial charge in [0.15, 0.2) is 9.84 Å². The van der Waals surface area contributed by atoms with E-state index in [2.05, 4.69) is 17.0 Å². The lowest BCUT2D eigenvalue weighted by Gasteiger charge is -2.19. The van der Waals surface area contributed by atoms with Crippen molar-refractivity contribution in [2.24, 2.45) is 0 Å². The summed E-state index contributed by atoms with van der Waals surface area (Å²) >= 11 is 0. The van der Waals surface area contributed by atoms with Crippen molar-refractivity contribution in [2.45, 2.75) is 11.4 Å². The van der Waals surface area contributed by atoms with E-state index in [1.54, 1.807) is 12.1 Å². The average Bonchev–Trinajstić information content (AvgIpc) is 2.39. The third-order valence-electron chi connectivity index (χ3n) is 2.97. The summed E-state index contributed by atoms with van der Waals surface area (Å²) in [5.41, 5.74) is 2.22. The maximum absolute atomic E-state index is 11.4. The van der Waals surface area contributed by atoms with Gasteiger partial charge in [0.2, 0.25) is 0 Å². The zero-order chi connectivity index (χ0) is 13.9. The maximum atomic E-state index is 11.4. The van der Waals surface area contributed by atoms with Gasteiger partial charge in [0, 0.05) is 25.5 Å². The van der Waals surface area contributed by atoms with Crippen molar-refractivity contribution in [3.63, 3.8) is 0 Å². The van der Waals surface area contributed by atoms with Gasteiger partial charge in [-0.3, -0.25) is 0 Å². The highest BCUT2D eigenvalue weighted by molar-refractivity contribution is 7.90. The molecule has 0 unspecified atom stereocenters. The molecule has 0 aliphatic rings. The van der Waals surface area contributed by atoms with Crippen LogP contribution < -0.4 is 4.90 Å². The number of sulfone groups is 1. The van der Waals surface area contributed by atoms with Gasteiger partial charge >= 0.3 is 0 Å². The minimum atomic E-state index is -3.12. The SMILES string of the molecule is CN(Cc1ccccc1)c1ccc(S(C)(=O)=O)cc1. The van der Waals surface area contributed by atoms with E-state index in [0.717, 1.165) is 12.2 Å². The van der Waals surface area contributed by atoms with E-state index >= 15 is 0 Å². The predicted octanol–water partition coefficient (Wildman–Crippen LogP) is 2.73. The molecule has 100 valence electrons. The zero-order valence-corrected chi connectivity index (χ0v) is 11.9. The summed E-state index contributed by atoms with van der Waals surface area (Å²) in [6.45, 7) is 0.791. The summed E-state index contributed by atoms with van der Waals surface area (Å²) in [6.07, 6.45) is 1.22. The van der Waals surface area contributed by atoms with Crippen molar-refractivity contribution < 1.29 is 8.42 Å². The Bertz CT molecular complexity index is 634. The van der Waals surface area contributed by atoms with Gasteiger partial charge in [-0.25, -0.2) is 8.42 Å². The Kier molecular flexibility index (Phi) is 3.90. The minimum absolute atomic E-state index is 0.351. The molecule has 0 aromatic heterocycles. The van der Waals surface area contributed by atoms with Gasteiger partial charge in [-0.2, -0.15) is 0 Å². The van der Waals surface area contributed by atoms with E-state index in [-0.39, 0.29) is 0 Å². The fraction of sp³-hybridized carbons (Fsp3) is 0.200. The highest BCUT2D eigenvalue weighted by Crippen LogP contribution is 2.18. The van der Waals surface area contributed by atoms with Crippen LogP contribution in [-0.2, 0) is 16.4 Å². The van der Waals surface area contributed by atoms with E-state index in [1.807, 2.05) is 37.4 Å². The molecule has 0 aliphatic heterocycles. The third-order valence-corrected chi connectivity index (χ3v) is 4.10. The Morgan fingerprint density at radius 2 is 1.53 bits per heavy atom. The van der Waals surface area contributed by atoms with Gasteiger partial charge in [-0.15, -0.1) is 0 Å². The van der Waals surface area contributed by atoms with Crippen molar-refractivity contribution in [3.05, 3.63) is 60.2 Å². The highest BCUT2D eigenvalue weighted by Gasteiger charge is 2.07. The normalized spacial score (nSPS) is 11.3. The van der Waals surface area contributed by atoms with Crippen LogP contribution in [0.3, 0.4) is 0 Å². The number of rotatable bonds is 4. The van der Waals surface area contributed by atoms with Gasteiger partial charge in [0.25, 0.3) is 0 Å². The second-order valence-electron chi connectivity index (χ2n) is 4.61. The van der Waals surface area contributed by atoms with Crippen LogP contribution in [0, 0.1) is 0 Å². The van der Waals surface area contributed by atoms with Crippen LogP contribution in [0.25, 0.3) is 0 Å². The fourth-order valence-electron chi connectivity index (χ4n) is 1.90. The van der Waals surface area contributed by atoms with Gasteiger partial charge in [0.05, 0.1) is 4.90 Å². The lowest BCUT2D eigenvalue weighted by atomic mass is 10.2. The molecule has 0 heterocycles. The summed E-state index contributed by atoms with van der Waals surface area (Å²) in [4.78, 5) is 2.44. The quantitative estimate of drug-likeness (QED) is 0.861. The molecule has 0 amide bonds. The first-order valence-corrected chi connectivity index (χ1v) is 7.91. The van der Waals surface area contributed by atoms with Crippen molar-refractivity contribution in [2.75, 3.05) is 18.2 Å². The monoisotopic (exact) mass is 275 g/mol. The summed E-state index contributed by atoms with van der Waals surface area (Å²) in [7, 11) is -1.13. The molecule has 19 heavy (non-hydrogen) atoms. The molecular formula is C15H17NO2S. The smallest absolute Gasteiger partial charge is 0.175 e. The zero-order valence-electron chi connectivity index (χ0n) is 11.1. The molecule has 4 heteroatoms. The first kappa shape index (κ1) is 13.6. The van der Waals surface area contributed by atoms with Crippen LogP contribution >= 0.6 is 0 Å². The van der Waals surface area contributed by atoms with Crippen LogP contribution in [0.5, 0.6) is 0 Å². The fourth-order valence-corrected chi connectivity index (χ4v) is 2.53. The maximum Gasteiger partial charge on any atom is 0.175 e. The summed E-state index contributed by atoms with van der Waals surface area (Å²) in [6, 6.07) is 17.1. The van der Waals surface area contributed by atoms with E-state index in [0.29, 0.717) is 4.90 Å². The summed E-state index contributed by atoms with van der Waals surface area (Å²) in [5, 5.41) is 0. The Hall–Kier alpha value is -1.81. The molecule has 2 aromatic carbocycles. The Morgan fingerprint density at radius 3 is 2.05 bits per heavy atom. The minimum Gasteiger partial charge on any atom is -0.370 e. The van der Waals surface area contributed by atoms with E-state index in [1.165, 1.54) is 11.8 Å². The van der Waals surface area contributed by atoms with Crippen LogP contribution in [0.1, 0.15) is 5.56 Å². The number of anilines is 1. The van der Waals surface area contributed by atoms with Gasteiger partial charge < -0.3 is 4.90 Å². The molecule has 0 atom stereocenters. The molecule has 0 aliphatic carbocycles. The average molecular weight is 275 g/mol. The summed E-state index contributed by atoms with van der Waals surface area (Å²) < 4.78 is 22.8. The van der Waals surface area contributed by atoms with Gasteiger partial charge in [0.1, 0.15) is 0 Å². The highest BCUT2D eigenvalue weighted by atomic mass is 32.2. The molecule has 0 fully saturated rings. The van der Waals surface area contributed by atoms with Crippen molar-refractivity contribution in [3.8, 4) is 0 Å². The Balaban J connectivity index is 2.14. The van der Waals surface area contributed by atoms with Crippen molar-refractivity contribution in [1.29, 1.82) is 0 Å². The van der Waals surface area contributed by atoms with Crippen LogP contribution in [0.4, 0.5) is 5.69 Å². The molecule has 2 aromatic rings. The molecule has 0 N–H and O–H groups in total. The lowest BCUT2D eigenvalue weighted by molar-refractivity contribution is 0.602. The molecule has 2 rings (SSSR count). The van der Waals surface area contributed by atoms with Gasteiger partial charge in [-0.05, 0) is 29.8 Å². The molecule has 0 saturated heterocycles. The predicted molar refractivity (Wildman–Crippen MR) is 78.1 cm³/mol. The van der Waals surface area contributed by atoms with Crippen LogP contribution in [0.15, 0.2) is 59.5 Å². The first-order valence-electron chi connectivity index (χ1n) is 6.02. The van der Waals surface area contributed by atoms with E-state index < -0.39 is 9.84 Å². The largest absolute Gasteiger partial charge is 0.370 e. The third kappa shape index (κ3) is 3.58. The Labute approximate surface area is 114 Å². The molecule has 0 radical (unpaired) electrons. The topological polar surface area (TPSA) is 37.4 Å². The van der Waals surface area contributed by atoms with Gasteiger partial charge in [-0.1, -0.05) is 30.3 Å². The molecular weight excluding hydrogens is 258 g/mol. The molecule has 0 saturated carbocycles. The number of nitrogens with zero attached hydrogens (tertiary/aromatic N) is 1. The van der Waals surface area contributed by atoms with Crippen LogP contribution in [-0.4, -0.2) is 21.7 Å². The lowest BCUT2D eigenvalue weighted by Crippen LogP contribution is -2.16. The number of benzene rings is 2. The first-order chi connectivity index (χ1) is 8.97. The van der Waals surface area contributed by atoms with Crippen molar-refractivity contribution in [1.82, 2.24) is 0 Å². The second kappa shape index (κ2) is 5.45. The summed E-state index contributed by atoms with van der Waals surface area (Å²) in [5.74, 6) is 0. The molecule has 3 nitrogen and oxygen atoms in total. The second-order valence-corrected chi connectivity index (χ2v) is 6.62. The van der Waals surface area contributed by atoms with E-state index in [9.17, 15) is 8.42 Å². The van der Waals surface area contributed by atoms with E-state index in [4.69, 9.17) is 0 Å². The van der Waals surface area contributed by atoms with Crippen LogP contribution in [0.2, 0.25) is 0 Å². The Morgan fingerprint density at radius 1 is 0.947 bits per heavy atom. The standard InChI is InChI=1S/C15H17NO2S/c1-16(12-13-6-4-3-5-7-13)14-8-10-15(11-9-14)19(2,17)18/h3-11H,12H2,1-2H3. The number of hydrogen-bond donors (Lipinski definition) is 0. The number of hydrogen-bond acceptors (Lipinski definition) is 3. The molecule has 0 bridgehead atoms. The van der Waals surface area contributed by atoms with Crippen molar-refractivity contribution >= 4 is 15.5 Å².